The molecule has 3 aromatic rings. The van der Waals surface area contributed by atoms with Crippen LogP contribution in [0.2, 0.25) is 0 Å². The Balaban J connectivity index is 1.96. The third kappa shape index (κ3) is 2.86. The lowest BCUT2D eigenvalue weighted by Crippen LogP contribution is -1.94. The zero-order valence-electron chi connectivity index (χ0n) is 11.1. The van der Waals surface area contributed by atoms with Crippen molar-refractivity contribution in [3.8, 4) is 5.75 Å². The second-order valence-corrected chi connectivity index (χ2v) is 6.54. The van der Waals surface area contributed by atoms with Crippen molar-refractivity contribution in [2.24, 2.45) is 0 Å². The molecule has 106 valence electrons. The molecule has 4 nitrogen and oxygen atoms in total. The van der Waals surface area contributed by atoms with E-state index in [0.29, 0.717) is 0 Å². The van der Waals surface area contributed by atoms with Gasteiger partial charge in [-0.3, -0.25) is 0 Å². The first kappa shape index (κ1) is 13.9. The minimum absolute atomic E-state index is 0.278. The number of carboxylic acids is 1. The number of aromatic nitrogens is 1. The summed E-state index contributed by atoms with van der Waals surface area (Å²) in [6.45, 7) is 0. The van der Waals surface area contributed by atoms with Gasteiger partial charge in [0.1, 0.15) is 5.75 Å². The van der Waals surface area contributed by atoms with Gasteiger partial charge in [0, 0.05) is 0 Å². The van der Waals surface area contributed by atoms with Gasteiger partial charge in [0.25, 0.3) is 0 Å². The van der Waals surface area contributed by atoms with Crippen LogP contribution in [-0.2, 0) is 0 Å². The van der Waals surface area contributed by atoms with E-state index in [1.54, 1.807) is 25.3 Å². The highest BCUT2D eigenvalue weighted by Crippen LogP contribution is 2.38. The van der Waals surface area contributed by atoms with Gasteiger partial charge in [-0.1, -0.05) is 23.9 Å². The van der Waals surface area contributed by atoms with Gasteiger partial charge in [-0.2, -0.15) is 0 Å². The molecule has 0 bridgehead atoms. The van der Waals surface area contributed by atoms with E-state index in [1.165, 1.54) is 23.1 Å². The van der Waals surface area contributed by atoms with Gasteiger partial charge in [0.2, 0.25) is 0 Å². The van der Waals surface area contributed by atoms with Crippen molar-refractivity contribution in [1.82, 2.24) is 4.98 Å². The second-order valence-electron chi connectivity index (χ2n) is 4.22. The summed E-state index contributed by atoms with van der Waals surface area (Å²) in [6.07, 6.45) is 0. The van der Waals surface area contributed by atoms with E-state index >= 15 is 0 Å². The van der Waals surface area contributed by atoms with Crippen LogP contribution in [0.1, 0.15) is 10.4 Å². The third-order valence-electron chi connectivity index (χ3n) is 2.88. The molecule has 1 aromatic heterocycles. The zero-order valence-corrected chi connectivity index (χ0v) is 12.7. The van der Waals surface area contributed by atoms with Crippen LogP contribution in [0, 0.1) is 0 Å². The largest absolute Gasteiger partial charge is 0.496 e. The number of carboxylic acid groups (broad SMARTS) is 1. The molecule has 0 spiro atoms. The minimum Gasteiger partial charge on any atom is -0.496 e. The summed E-state index contributed by atoms with van der Waals surface area (Å²) in [5.41, 5.74) is 1.09. The van der Waals surface area contributed by atoms with Gasteiger partial charge in [-0.05, 0) is 30.3 Å². The van der Waals surface area contributed by atoms with Crippen LogP contribution >= 0.6 is 23.1 Å². The number of methoxy groups -OCH3 is 1. The third-order valence-corrected chi connectivity index (χ3v) is 5.02. The van der Waals surface area contributed by atoms with Crippen LogP contribution in [0.5, 0.6) is 5.75 Å². The fourth-order valence-corrected chi connectivity index (χ4v) is 4.05. The summed E-state index contributed by atoms with van der Waals surface area (Å²) in [7, 11) is 1.64. The predicted octanol–water partition coefficient (Wildman–Crippen LogP) is 4.15. The molecule has 6 heteroatoms. The van der Waals surface area contributed by atoms with Crippen molar-refractivity contribution < 1.29 is 14.6 Å². The highest BCUT2D eigenvalue weighted by molar-refractivity contribution is 8.01. The normalized spacial score (nSPS) is 10.7. The summed E-state index contributed by atoms with van der Waals surface area (Å²) in [6, 6.07) is 12.7. The number of thiazole rings is 1. The fourth-order valence-electron chi connectivity index (χ4n) is 1.88. The number of hydrogen-bond donors (Lipinski definition) is 1. The van der Waals surface area contributed by atoms with Gasteiger partial charge in [0.15, 0.2) is 4.34 Å². The molecule has 0 saturated carbocycles. The standard InChI is InChI=1S/C15H11NO3S2/c1-19-11-4-2-3-5-12(11)20-15-16-10-7-6-9(14(17)18)8-13(10)21-15/h2-8H,1H3,(H,17,18). The monoisotopic (exact) mass is 317 g/mol. The summed E-state index contributed by atoms with van der Waals surface area (Å²) < 4.78 is 7.05. The Kier molecular flexibility index (Phi) is 3.81. The van der Waals surface area contributed by atoms with Gasteiger partial charge in [0.05, 0.1) is 27.8 Å². The Hall–Kier alpha value is -2.05. The van der Waals surface area contributed by atoms with Crippen LogP contribution in [0.3, 0.4) is 0 Å². The van der Waals surface area contributed by atoms with E-state index in [4.69, 9.17) is 9.84 Å². The SMILES string of the molecule is COc1ccccc1Sc1nc2ccc(C(=O)O)cc2s1. The Morgan fingerprint density at radius 2 is 2.10 bits per heavy atom. The van der Waals surface area contributed by atoms with Gasteiger partial charge in [-0.25, -0.2) is 9.78 Å². The molecule has 0 aliphatic carbocycles. The van der Waals surface area contributed by atoms with Crippen molar-refractivity contribution in [3.63, 3.8) is 0 Å². The zero-order chi connectivity index (χ0) is 14.8. The van der Waals surface area contributed by atoms with Crippen LogP contribution in [0.25, 0.3) is 10.2 Å². The highest BCUT2D eigenvalue weighted by atomic mass is 32.2. The first-order valence-corrected chi connectivity index (χ1v) is 7.75. The van der Waals surface area contributed by atoms with Crippen LogP contribution in [0.15, 0.2) is 51.7 Å². The van der Waals surface area contributed by atoms with E-state index in [9.17, 15) is 4.79 Å². The quantitative estimate of drug-likeness (QED) is 0.783. The average Bonchev–Trinajstić information content (AvgIpc) is 2.89. The molecule has 21 heavy (non-hydrogen) atoms. The fraction of sp³-hybridized carbons (Fsp3) is 0.0667. The molecule has 0 saturated heterocycles. The Morgan fingerprint density at radius 1 is 1.29 bits per heavy atom. The molecular formula is C15H11NO3S2. The summed E-state index contributed by atoms with van der Waals surface area (Å²) in [5, 5.41) is 9.02. The summed E-state index contributed by atoms with van der Waals surface area (Å²) in [5.74, 6) is -0.128. The molecule has 0 fully saturated rings. The lowest BCUT2D eigenvalue weighted by molar-refractivity contribution is 0.0697. The first-order valence-electron chi connectivity index (χ1n) is 6.12. The molecule has 3 rings (SSSR count). The second kappa shape index (κ2) is 5.75. The lowest BCUT2D eigenvalue weighted by atomic mass is 10.2. The smallest absolute Gasteiger partial charge is 0.335 e. The lowest BCUT2D eigenvalue weighted by Gasteiger charge is -2.04. The van der Waals surface area contributed by atoms with Crippen molar-refractivity contribution in [3.05, 3.63) is 48.0 Å². The molecule has 0 aliphatic heterocycles. The maximum absolute atomic E-state index is 11.0. The molecule has 1 N–H and O–H groups in total. The van der Waals surface area contributed by atoms with Crippen molar-refractivity contribution in [2.75, 3.05) is 7.11 Å². The first-order chi connectivity index (χ1) is 10.2. The molecule has 0 unspecified atom stereocenters. The van der Waals surface area contributed by atoms with E-state index < -0.39 is 5.97 Å². The number of para-hydroxylation sites is 1. The highest BCUT2D eigenvalue weighted by Gasteiger charge is 2.11. The number of aromatic carboxylic acids is 1. The number of benzene rings is 2. The van der Waals surface area contributed by atoms with Gasteiger partial charge in [-0.15, -0.1) is 11.3 Å². The van der Waals surface area contributed by atoms with E-state index in [0.717, 1.165) is 25.2 Å². The molecule has 0 atom stereocenters. The number of ether oxygens (including phenoxy) is 1. The molecule has 1 heterocycles. The number of rotatable bonds is 4. The Bertz CT molecular complexity index is 814. The van der Waals surface area contributed by atoms with E-state index in [-0.39, 0.29) is 5.56 Å². The average molecular weight is 317 g/mol. The van der Waals surface area contributed by atoms with Gasteiger partial charge < -0.3 is 9.84 Å². The van der Waals surface area contributed by atoms with Crippen LogP contribution in [0.4, 0.5) is 0 Å². The maximum atomic E-state index is 11.0. The van der Waals surface area contributed by atoms with Crippen molar-refractivity contribution >= 4 is 39.3 Å². The number of hydrogen-bond acceptors (Lipinski definition) is 5. The minimum atomic E-state index is -0.927. The predicted molar refractivity (Wildman–Crippen MR) is 83.7 cm³/mol. The van der Waals surface area contributed by atoms with Crippen LogP contribution in [-0.4, -0.2) is 23.2 Å². The molecular weight excluding hydrogens is 306 g/mol. The molecule has 0 amide bonds. The van der Waals surface area contributed by atoms with E-state index in [2.05, 4.69) is 4.98 Å². The van der Waals surface area contributed by atoms with Crippen LogP contribution < -0.4 is 4.74 Å². The maximum Gasteiger partial charge on any atom is 0.335 e. The Morgan fingerprint density at radius 3 is 2.86 bits per heavy atom. The van der Waals surface area contributed by atoms with E-state index in [1.807, 2.05) is 24.3 Å². The molecule has 0 radical (unpaired) electrons. The number of fused-ring (bicyclic) bond motifs is 1. The number of nitrogens with zero attached hydrogens (tertiary/aromatic N) is 1. The number of carbonyl (C=O) groups is 1. The van der Waals surface area contributed by atoms with Gasteiger partial charge >= 0.3 is 5.97 Å². The Labute approximate surface area is 129 Å². The topological polar surface area (TPSA) is 59.4 Å². The van der Waals surface area contributed by atoms with Crippen molar-refractivity contribution in [2.45, 2.75) is 9.24 Å². The summed E-state index contributed by atoms with van der Waals surface area (Å²) in [4.78, 5) is 16.5. The summed E-state index contributed by atoms with van der Waals surface area (Å²) >= 11 is 2.99. The molecule has 0 aliphatic rings. The molecule has 2 aromatic carbocycles. The van der Waals surface area contributed by atoms with Crippen molar-refractivity contribution in [1.29, 1.82) is 0 Å².